The maximum absolute atomic E-state index is 11.0. The van der Waals surface area contributed by atoms with Crippen LogP contribution in [0.3, 0.4) is 0 Å². The van der Waals surface area contributed by atoms with Crippen molar-refractivity contribution >= 4 is 5.97 Å². The van der Waals surface area contributed by atoms with Crippen LogP contribution < -0.4 is 0 Å². The van der Waals surface area contributed by atoms with Crippen molar-refractivity contribution < 1.29 is 9.53 Å². The Morgan fingerprint density at radius 3 is 3.07 bits per heavy atom. The summed E-state index contributed by atoms with van der Waals surface area (Å²) in [6.07, 6.45) is 2.49. The van der Waals surface area contributed by atoms with Crippen LogP contribution in [0.4, 0.5) is 0 Å². The van der Waals surface area contributed by atoms with Gasteiger partial charge in [-0.3, -0.25) is 9.48 Å². The molecule has 1 rings (SSSR count). The number of aryl methyl sites for hydroxylation is 1. The first-order chi connectivity index (χ1) is 6.67. The van der Waals surface area contributed by atoms with Crippen molar-refractivity contribution in [1.29, 1.82) is 0 Å². The molecule has 0 aromatic carbocycles. The summed E-state index contributed by atoms with van der Waals surface area (Å²) in [7, 11) is 1.37. The lowest BCUT2D eigenvalue weighted by molar-refractivity contribution is -0.141. The minimum Gasteiger partial charge on any atom is -0.468 e. The third-order valence-corrected chi connectivity index (χ3v) is 1.85. The quantitative estimate of drug-likeness (QED) is 0.532. The van der Waals surface area contributed by atoms with Gasteiger partial charge in [0.25, 0.3) is 0 Å². The molecule has 0 fully saturated rings. The van der Waals surface area contributed by atoms with E-state index >= 15 is 0 Å². The highest BCUT2D eigenvalue weighted by molar-refractivity contribution is 5.68. The molecule has 1 aromatic heterocycles. The topological polar surface area (TPSA) is 44.1 Å². The first-order valence-corrected chi connectivity index (χ1v) is 4.38. The van der Waals surface area contributed by atoms with E-state index in [1.807, 2.05) is 13.0 Å². The fraction of sp³-hybridized carbons (Fsp3) is 0.400. The number of hydrogen-bond donors (Lipinski definition) is 0. The van der Waals surface area contributed by atoms with Crippen LogP contribution in [-0.2, 0) is 22.5 Å². The number of carbonyl (C=O) groups is 1. The summed E-state index contributed by atoms with van der Waals surface area (Å²) in [6, 6.07) is 1.94. The summed E-state index contributed by atoms with van der Waals surface area (Å²) in [5.41, 5.74) is 1.87. The van der Waals surface area contributed by atoms with E-state index in [4.69, 9.17) is 0 Å². The van der Waals surface area contributed by atoms with Gasteiger partial charge in [0.15, 0.2) is 0 Å². The van der Waals surface area contributed by atoms with Gasteiger partial charge < -0.3 is 4.74 Å². The maximum Gasteiger partial charge on any atom is 0.327 e. The lowest BCUT2D eigenvalue weighted by atomic mass is 10.3. The average molecular weight is 194 g/mol. The van der Waals surface area contributed by atoms with Crippen LogP contribution in [0.25, 0.3) is 0 Å². The van der Waals surface area contributed by atoms with Gasteiger partial charge in [-0.1, -0.05) is 6.08 Å². The van der Waals surface area contributed by atoms with Crippen molar-refractivity contribution in [1.82, 2.24) is 9.78 Å². The highest BCUT2D eigenvalue weighted by atomic mass is 16.5. The molecule has 0 N–H and O–H groups in total. The van der Waals surface area contributed by atoms with Gasteiger partial charge in [0.2, 0.25) is 0 Å². The van der Waals surface area contributed by atoms with Crippen molar-refractivity contribution in [3.8, 4) is 0 Å². The summed E-state index contributed by atoms with van der Waals surface area (Å²) in [5.74, 6) is -0.293. The van der Waals surface area contributed by atoms with Crippen molar-refractivity contribution in [2.75, 3.05) is 7.11 Å². The van der Waals surface area contributed by atoms with Gasteiger partial charge in [-0.25, -0.2) is 0 Å². The van der Waals surface area contributed by atoms with Crippen molar-refractivity contribution in [3.05, 3.63) is 30.1 Å². The van der Waals surface area contributed by atoms with E-state index in [-0.39, 0.29) is 12.5 Å². The van der Waals surface area contributed by atoms with E-state index in [0.29, 0.717) is 6.42 Å². The normalized spacial score (nSPS) is 9.86. The second-order valence-electron chi connectivity index (χ2n) is 3.00. The molecule has 0 atom stereocenters. The van der Waals surface area contributed by atoms with Crippen LogP contribution in [0.5, 0.6) is 0 Å². The van der Waals surface area contributed by atoms with Crippen LogP contribution in [-0.4, -0.2) is 22.9 Å². The van der Waals surface area contributed by atoms with Crippen LogP contribution in [0.2, 0.25) is 0 Å². The second kappa shape index (κ2) is 4.60. The van der Waals surface area contributed by atoms with Crippen LogP contribution >= 0.6 is 0 Å². The Kier molecular flexibility index (Phi) is 3.45. The Morgan fingerprint density at radius 1 is 1.79 bits per heavy atom. The molecule has 0 bridgehead atoms. The molecule has 0 spiro atoms. The molecule has 0 saturated heterocycles. The summed E-state index contributed by atoms with van der Waals surface area (Å²) in [6.45, 7) is 5.70. The van der Waals surface area contributed by atoms with E-state index in [9.17, 15) is 4.79 Å². The smallest absolute Gasteiger partial charge is 0.327 e. The first kappa shape index (κ1) is 10.5. The highest BCUT2D eigenvalue weighted by Gasteiger charge is 2.08. The largest absolute Gasteiger partial charge is 0.468 e. The maximum atomic E-state index is 11.0. The Balaban J connectivity index is 2.83. The number of aromatic nitrogens is 2. The predicted octanol–water partition coefficient (Wildman–Crippen LogP) is 1.09. The van der Waals surface area contributed by atoms with Crippen LogP contribution in [0, 0.1) is 6.92 Å². The molecule has 1 aromatic rings. The third kappa shape index (κ3) is 2.45. The van der Waals surface area contributed by atoms with Gasteiger partial charge in [0.1, 0.15) is 6.54 Å². The summed E-state index contributed by atoms with van der Waals surface area (Å²) in [5, 5.41) is 4.19. The molecule has 0 radical (unpaired) electrons. The molecule has 0 unspecified atom stereocenters. The number of hydrogen-bond acceptors (Lipinski definition) is 3. The molecule has 0 aliphatic rings. The van der Waals surface area contributed by atoms with Crippen LogP contribution in [0.1, 0.15) is 11.4 Å². The average Bonchev–Trinajstić information content (AvgIpc) is 2.47. The lowest BCUT2D eigenvalue weighted by Gasteiger charge is -2.03. The minimum absolute atomic E-state index is 0.160. The fourth-order valence-corrected chi connectivity index (χ4v) is 1.24. The van der Waals surface area contributed by atoms with Gasteiger partial charge in [-0.2, -0.15) is 5.10 Å². The van der Waals surface area contributed by atoms with Crippen LogP contribution in [0.15, 0.2) is 18.7 Å². The molecule has 0 aliphatic carbocycles. The monoisotopic (exact) mass is 194 g/mol. The zero-order valence-electron chi connectivity index (χ0n) is 8.49. The molecule has 0 aliphatic heterocycles. The van der Waals surface area contributed by atoms with E-state index < -0.39 is 0 Å². The standard InChI is InChI=1S/C10H14N2O2/c1-4-5-9-6-8(2)11-12(9)7-10(13)14-3/h4,6H,1,5,7H2,2-3H3. The lowest BCUT2D eigenvalue weighted by Crippen LogP contribution is -2.14. The molecule has 4 heteroatoms. The first-order valence-electron chi connectivity index (χ1n) is 4.38. The van der Waals surface area contributed by atoms with Gasteiger partial charge >= 0.3 is 5.97 Å². The molecule has 4 nitrogen and oxygen atoms in total. The molecule has 0 saturated carbocycles. The zero-order chi connectivity index (χ0) is 10.6. The van der Waals surface area contributed by atoms with Gasteiger partial charge in [-0.15, -0.1) is 6.58 Å². The van der Waals surface area contributed by atoms with E-state index in [1.165, 1.54) is 7.11 Å². The van der Waals surface area contributed by atoms with Crippen molar-refractivity contribution in [2.45, 2.75) is 19.9 Å². The second-order valence-corrected chi connectivity index (χ2v) is 3.00. The molecular weight excluding hydrogens is 180 g/mol. The molecule has 0 amide bonds. The number of allylic oxidation sites excluding steroid dienone is 1. The number of esters is 1. The Hall–Kier alpha value is -1.58. The predicted molar refractivity (Wildman–Crippen MR) is 52.9 cm³/mol. The SMILES string of the molecule is C=CCc1cc(C)nn1CC(=O)OC. The molecule has 14 heavy (non-hydrogen) atoms. The summed E-state index contributed by atoms with van der Waals surface area (Å²) in [4.78, 5) is 11.0. The Bertz CT molecular complexity index is 342. The van der Waals surface area contributed by atoms with E-state index in [0.717, 1.165) is 11.4 Å². The van der Waals surface area contributed by atoms with Crippen molar-refractivity contribution in [3.63, 3.8) is 0 Å². The van der Waals surface area contributed by atoms with Gasteiger partial charge in [-0.05, 0) is 13.0 Å². The summed E-state index contributed by atoms with van der Waals surface area (Å²) < 4.78 is 6.21. The van der Waals surface area contributed by atoms with E-state index in [1.54, 1.807) is 10.8 Å². The van der Waals surface area contributed by atoms with E-state index in [2.05, 4.69) is 16.4 Å². The minimum atomic E-state index is -0.293. The molecule has 1 heterocycles. The molecular formula is C10H14N2O2. The van der Waals surface area contributed by atoms with Gasteiger partial charge in [0.05, 0.1) is 12.8 Å². The van der Waals surface area contributed by atoms with Gasteiger partial charge in [0, 0.05) is 12.1 Å². The number of ether oxygens (including phenoxy) is 1. The Morgan fingerprint density at radius 2 is 2.50 bits per heavy atom. The number of nitrogens with zero attached hydrogens (tertiary/aromatic N) is 2. The highest BCUT2D eigenvalue weighted by Crippen LogP contribution is 2.05. The number of rotatable bonds is 4. The number of methoxy groups -OCH3 is 1. The van der Waals surface area contributed by atoms with Crippen molar-refractivity contribution in [2.24, 2.45) is 0 Å². The fourth-order valence-electron chi connectivity index (χ4n) is 1.24. The third-order valence-electron chi connectivity index (χ3n) is 1.85. The zero-order valence-corrected chi connectivity index (χ0v) is 8.49. The summed E-state index contributed by atoms with van der Waals surface area (Å²) >= 11 is 0. The molecule has 76 valence electrons. The Labute approximate surface area is 83.2 Å². The number of carbonyl (C=O) groups excluding carboxylic acids is 1.